The van der Waals surface area contributed by atoms with Crippen LogP contribution < -0.4 is 5.48 Å². The van der Waals surface area contributed by atoms with Gasteiger partial charge in [0, 0.05) is 5.41 Å². The quantitative estimate of drug-likeness (QED) is 0.265. The largest absolute Gasteiger partial charge is 0.459 e. The highest BCUT2D eigenvalue weighted by Gasteiger charge is 2.65. The van der Waals surface area contributed by atoms with Gasteiger partial charge in [0.05, 0.1) is 17.2 Å². The summed E-state index contributed by atoms with van der Waals surface area (Å²) < 4.78 is 4.90. The number of hydrogen-bond acceptors (Lipinski definition) is 6. The molecule has 5 atom stereocenters. The standard InChI is InChI=1S/C20H31NO5/c1-12-7-10-20(21-25)18(2,3)16(23)8-9-19(20,4)14(12)6-5-13-15(22)11-26-17(13)24/h5,14-16,21-23,25H,1,6-11H2,2-4H3/b13-5+/t14-,15-,16-,19+,20+/m1/s1. The Bertz CT molecular complexity index is 642. The lowest BCUT2D eigenvalue weighted by atomic mass is 9.42. The van der Waals surface area contributed by atoms with Crippen LogP contribution in [0.1, 0.15) is 52.9 Å². The molecule has 2 saturated carbocycles. The van der Waals surface area contributed by atoms with Gasteiger partial charge in [0.1, 0.15) is 12.7 Å². The number of nitrogens with one attached hydrogen (secondary N) is 1. The summed E-state index contributed by atoms with van der Waals surface area (Å²) in [5.74, 6) is -0.439. The number of hydroxylamine groups is 1. The highest BCUT2D eigenvalue weighted by Crippen LogP contribution is 2.63. The number of cyclic esters (lactones) is 1. The van der Waals surface area contributed by atoms with Crippen LogP contribution in [-0.4, -0.2) is 45.7 Å². The van der Waals surface area contributed by atoms with Crippen LogP contribution in [0.15, 0.2) is 23.8 Å². The third kappa shape index (κ3) is 2.50. The van der Waals surface area contributed by atoms with Gasteiger partial charge in [-0.25, -0.2) is 4.79 Å². The molecule has 4 N–H and O–H groups in total. The molecule has 0 aromatic heterocycles. The van der Waals surface area contributed by atoms with E-state index in [2.05, 4.69) is 19.0 Å². The van der Waals surface area contributed by atoms with Gasteiger partial charge >= 0.3 is 5.97 Å². The van der Waals surface area contributed by atoms with E-state index in [1.807, 2.05) is 13.8 Å². The number of rotatable bonds is 3. The number of fused-ring (bicyclic) bond motifs is 1. The molecule has 3 fully saturated rings. The van der Waals surface area contributed by atoms with Crippen LogP contribution in [0.5, 0.6) is 0 Å². The van der Waals surface area contributed by atoms with Gasteiger partial charge in [0.25, 0.3) is 0 Å². The number of carbonyl (C=O) groups excluding carboxylic acids is 1. The third-order valence-electron chi connectivity index (χ3n) is 7.66. The Hall–Kier alpha value is -1.21. The fourth-order valence-electron chi connectivity index (χ4n) is 5.77. The second-order valence-electron chi connectivity index (χ2n) is 8.93. The fourth-order valence-corrected chi connectivity index (χ4v) is 5.77. The van der Waals surface area contributed by atoms with Gasteiger partial charge < -0.3 is 20.2 Å². The molecule has 0 amide bonds. The molecule has 6 heteroatoms. The van der Waals surface area contributed by atoms with Crippen LogP contribution in [0.3, 0.4) is 0 Å². The molecule has 1 saturated heterocycles. The normalized spacial score (nSPS) is 44.1. The van der Waals surface area contributed by atoms with E-state index < -0.39 is 29.1 Å². The second kappa shape index (κ2) is 6.44. The number of aliphatic hydroxyl groups is 2. The summed E-state index contributed by atoms with van der Waals surface area (Å²) in [5.41, 5.74) is 2.49. The fraction of sp³-hybridized carbons (Fsp3) is 0.750. The predicted octanol–water partition coefficient (Wildman–Crippen LogP) is 2.09. The van der Waals surface area contributed by atoms with Crippen LogP contribution in [-0.2, 0) is 9.53 Å². The SMILES string of the molecule is C=C1CC[C@]2(NO)C(C)(C)[C@H](O)CC[C@@]2(C)[C@@H]1C/C=C1/C(=O)OC[C@H]1O. The van der Waals surface area contributed by atoms with Crippen molar-refractivity contribution < 1.29 is 25.0 Å². The van der Waals surface area contributed by atoms with Crippen LogP contribution >= 0.6 is 0 Å². The summed E-state index contributed by atoms with van der Waals surface area (Å²) in [5, 5.41) is 30.8. The summed E-state index contributed by atoms with van der Waals surface area (Å²) >= 11 is 0. The zero-order chi connectivity index (χ0) is 19.3. The summed E-state index contributed by atoms with van der Waals surface area (Å²) in [7, 11) is 0. The second-order valence-corrected chi connectivity index (χ2v) is 8.93. The molecule has 0 unspecified atom stereocenters. The molecule has 0 bridgehead atoms. The van der Waals surface area contributed by atoms with Crippen molar-refractivity contribution in [2.45, 2.75) is 70.6 Å². The molecule has 26 heavy (non-hydrogen) atoms. The van der Waals surface area contributed by atoms with Crippen molar-refractivity contribution in [3.63, 3.8) is 0 Å². The van der Waals surface area contributed by atoms with Crippen molar-refractivity contribution in [2.75, 3.05) is 6.61 Å². The van der Waals surface area contributed by atoms with E-state index in [4.69, 9.17) is 4.74 Å². The molecule has 146 valence electrons. The molecule has 1 aliphatic heterocycles. The molecular weight excluding hydrogens is 334 g/mol. The summed E-state index contributed by atoms with van der Waals surface area (Å²) in [6.07, 6.45) is 3.76. The molecule has 0 aromatic rings. The lowest BCUT2D eigenvalue weighted by Crippen LogP contribution is -2.73. The van der Waals surface area contributed by atoms with Gasteiger partial charge in [-0.1, -0.05) is 39.0 Å². The maximum absolute atomic E-state index is 11.8. The summed E-state index contributed by atoms with van der Waals surface area (Å²) in [4.78, 5) is 11.8. The Morgan fingerprint density at radius 2 is 2.00 bits per heavy atom. The first-order valence-electron chi connectivity index (χ1n) is 9.43. The van der Waals surface area contributed by atoms with E-state index in [9.17, 15) is 20.2 Å². The Balaban J connectivity index is 1.98. The van der Waals surface area contributed by atoms with Gasteiger partial charge in [-0.05, 0) is 43.4 Å². The Kier molecular flexibility index (Phi) is 4.84. The van der Waals surface area contributed by atoms with Gasteiger partial charge in [-0.15, -0.1) is 0 Å². The number of ether oxygens (including phenoxy) is 1. The van der Waals surface area contributed by atoms with Gasteiger partial charge in [0.2, 0.25) is 0 Å². The molecular formula is C20H31NO5. The van der Waals surface area contributed by atoms with Gasteiger partial charge in [-0.3, -0.25) is 0 Å². The maximum atomic E-state index is 11.8. The number of allylic oxidation sites excluding steroid dienone is 2. The molecule has 2 aliphatic carbocycles. The van der Waals surface area contributed by atoms with E-state index in [-0.39, 0.29) is 17.9 Å². The number of carbonyl (C=O) groups is 1. The molecule has 0 radical (unpaired) electrons. The van der Waals surface area contributed by atoms with E-state index >= 15 is 0 Å². The minimum atomic E-state index is -0.877. The number of esters is 1. The van der Waals surface area contributed by atoms with E-state index in [0.29, 0.717) is 24.8 Å². The zero-order valence-corrected chi connectivity index (χ0v) is 15.9. The molecule has 3 aliphatic rings. The molecule has 0 aromatic carbocycles. The van der Waals surface area contributed by atoms with Crippen molar-refractivity contribution in [3.8, 4) is 0 Å². The van der Waals surface area contributed by atoms with Gasteiger partial charge in [0.15, 0.2) is 0 Å². The van der Waals surface area contributed by atoms with E-state index in [1.165, 1.54) is 0 Å². The monoisotopic (exact) mass is 365 g/mol. The van der Waals surface area contributed by atoms with Crippen molar-refractivity contribution in [1.29, 1.82) is 0 Å². The Labute approximate surface area is 154 Å². The Morgan fingerprint density at radius 1 is 1.31 bits per heavy atom. The van der Waals surface area contributed by atoms with Crippen LogP contribution in [0.25, 0.3) is 0 Å². The lowest BCUT2D eigenvalue weighted by molar-refractivity contribution is -0.197. The van der Waals surface area contributed by atoms with Crippen LogP contribution in [0, 0.1) is 16.7 Å². The summed E-state index contributed by atoms with van der Waals surface area (Å²) in [6, 6.07) is 0. The molecule has 6 nitrogen and oxygen atoms in total. The zero-order valence-electron chi connectivity index (χ0n) is 15.9. The molecule has 0 spiro atoms. The van der Waals surface area contributed by atoms with Gasteiger partial charge in [-0.2, -0.15) is 5.48 Å². The van der Waals surface area contributed by atoms with Crippen molar-refractivity contribution >= 4 is 5.97 Å². The van der Waals surface area contributed by atoms with E-state index in [1.54, 1.807) is 6.08 Å². The predicted molar refractivity (Wildman–Crippen MR) is 96.3 cm³/mol. The Morgan fingerprint density at radius 3 is 2.58 bits per heavy atom. The number of hydrogen-bond donors (Lipinski definition) is 4. The van der Waals surface area contributed by atoms with Crippen molar-refractivity contribution in [1.82, 2.24) is 5.48 Å². The third-order valence-corrected chi connectivity index (χ3v) is 7.66. The molecule has 3 rings (SSSR count). The smallest absolute Gasteiger partial charge is 0.336 e. The first kappa shape index (κ1) is 19.5. The minimum absolute atomic E-state index is 0.00883. The average molecular weight is 365 g/mol. The first-order chi connectivity index (χ1) is 12.1. The highest BCUT2D eigenvalue weighted by atomic mass is 16.6. The lowest BCUT2D eigenvalue weighted by Gasteiger charge is -2.66. The van der Waals surface area contributed by atoms with E-state index in [0.717, 1.165) is 18.4 Å². The van der Waals surface area contributed by atoms with Crippen LogP contribution in [0.4, 0.5) is 0 Å². The average Bonchev–Trinajstić information content (AvgIpc) is 2.90. The maximum Gasteiger partial charge on any atom is 0.336 e. The number of aliphatic hydroxyl groups excluding tert-OH is 2. The van der Waals surface area contributed by atoms with Crippen LogP contribution in [0.2, 0.25) is 0 Å². The van der Waals surface area contributed by atoms with Crippen molar-refractivity contribution in [2.24, 2.45) is 16.7 Å². The molecule has 1 heterocycles. The minimum Gasteiger partial charge on any atom is -0.459 e. The highest BCUT2D eigenvalue weighted by molar-refractivity contribution is 5.91. The topological polar surface area (TPSA) is 99.0 Å². The van der Waals surface area contributed by atoms with Crippen molar-refractivity contribution in [3.05, 3.63) is 23.8 Å². The summed E-state index contributed by atoms with van der Waals surface area (Å²) in [6.45, 7) is 10.4. The first-order valence-corrected chi connectivity index (χ1v) is 9.43.